The number of allylic oxidation sites excluding steroid dienone is 2. The van der Waals surface area contributed by atoms with E-state index in [-0.39, 0.29) is 58.5 Å². The SMILES string of the molecule is C[C@H]1O[C@@H](C2(OC(=O)C34CCC(C)(C)CC3C3=CCC56[C@H](C[C@@H]7C5(C)CC[C@H](O)[C@]7(C)C=O)[C@]6(C)[C@]3(C)C[C@@H]4O)OC3C(O)C(NC(=O)CCCCCCC(=O)c4cc[c]([Sn]([CH3])([CH3])[CH3])cc4)[C@H](CO)O[C@H]32)C(O)C(O)C1O[C@@H]1OCC(O)C(O)C1O. The fourth-order valence-corrected chi connectivity index (χ4v) is 22.9. The number of ketones is 1. The van der Waals surface area contributed by atoms with E-state index in [9.17, 15) is 60.3 Å². The maximum absolute atomic E-state index is 16.2. The number of aldehydes is 1. The molecule has 4 aliphatic heterocycles. The Labute approximate surface area is 509 Å². The molecule has 86 heavy (non-hydrogen) atoms. The standard InChI is InChI=1S/C62H88NO19.3CH3.Sn/c1-31-49(80-53-48(75)44(71)36(67)29-77-53)46(73)47(74)51(78-31)62(52-50(81-62)45(72)43(37(28-64)79-52)63-42(70)18-14-9-8-13-17-35(66)32-15-11-10-12-16-32)82-54(76)60-24-23-55(2,3)26-34(60)33-19-22-61-39(59(61,7)58(33,6)27-41(60)69)25-38-56(4,30-65)40(68)20-21-57(38,61)5;;;;/h11-12,15-16,19,30-31,34,36-41,43-53,64,67-69,71-75H,8-9,13-14,17-18,20-29H2,1-7H3,(H,63,70);3*1H3;/t31-,34?,36?,37+,38+,39-,40+,41+,43?,44?,45?,46?,47?,48?,49?,50?,51-,52-,53+,56-,57?,58-,59-,60?,61?,62?;;;;/m1..../s1. The molecule has 1 spiro atoms. The molecule has 9 fully saturated rings. The first kappa shape index (κ1) is 65.0. The van der Waals surface area contributed by atoms with Gasteiger partial charge in [0.1, 0.15) is 66.6 Å². The van der Waals surface area contributed by atoms with Crippen molar-refractivity contribution >= 4 is 45.9 Å². The number of carbonyl (C=O) groups is 4. The van der Waals surface area contributed by atoms with Crippen LogP contribution in [0.2, 0.25) is 14.8 Å². The van der Waals surface area contributed by atoms with E-state index in [1.54, 1.807) is 0 Å². The van der Waals surface area contributed by atoms with Crippen molar-refractivity contribution in [2.24, 2.45) is 55.7 Å². The second-order valence-corrected chi connectivity index (χ2v) is 45.2. The van der Waals surface area contributed by atoms with Crippen molar-refractivity contribution in [3.63, 3.8) is 0 Å². The Morgan fingerprint density at radius 3 is 2.13 bits per heavy atom. The van der Waals surface area contributed by atoms with Gasteiger partial charge in [-0.1, -0.05) is 53.2 Å². The molecule has 0 aromatic heterocycles. The second-order valence-electron chi connectivity index (χ2n) is 30.7. The third kappa shape index (κ3) is 9.60. The summed E-state index contributed by atoms with van der Waals surface area (Å²) in [4.78, 5) is 62.6. The molecule has 20 nitrogen and oxygen atoms in total. The Bertz CT molecular complexity index is 2790. The number of amides is 1. The molecule has 14 unspecified atom stereocenters. The first-order valence-corrected chi connectivity index (χ1v) is 41.9. The van der Waals surface area contributed by atoms with E-state index in [0.717, 1.165) is 24.7 Å². The number of esters is 1. The third-order valence-electron chi connectivity index (χ3n) is 24.8. The third-order valence-corrected chi connectivity index (χ3v) is 30.7. The summed E-state index contributed by atoms with van der Waals surface area (Å²) < 4.78 is 39.3. The predicted molar refractivity (Wildman–Crippen MR) is 312 cm³/mol. The molecule has 4 saturated heterocycles. The molecule has 11 rings (SSSR count). The number of aliphatic hydroxyl groups excluding tert-OH is 9. The van der Waals surface area contributed by atoms with Gasteiger partial charge in [-0.3, -0.25) is 9.59 Å². The van der Waals surface area contributed by atoms with Crippen molar-refractivity contribution < 1.29 is 93.6 Å². The molecule has 26 atom stereocenters. The summed E-state index contributed by atoms with van der Waals surface area (Å²) in [5, 5.41) is 106. The Morgan fingerprint density at radius 1 is 0.779 bits per heavy atom. The number of fused-ring (bicyclic) bond motifs is 7. The monoisotopic (exact) mass is 1320 g/mol. The van der Waals surface area contributed by atoms with Gasteiger partial charge in [-0.15, -0.1) is 0 Å². The Morgan fingerprint density at radius 2 is 1.47 bits per heavy atom. The van der Waals surface area contributed by atoms with Gasteiger partial charge in [-0.2, -0.15) is 0 Å². The minimum absolute atomic E-state index is 0.0339. The average molecular weight is 1320 g/mol. The molecule has 0 bridgehead atoms. The summed E-state index contributed by atoms with van der Waals surface area (Å²) in [6.45, 7) is 13.4. The van der Waals surface area contributed by atoms with Crippen molar-refractivity contribution in [1.29, 1.82) is 0 Å². The number of carbonyl (C=O) groups excluding carboxylic acids is 4. The normalized spacial score (nSPS) is 49.0. The molecule has 21 heteroatoms. The van der Waals surface area contributed by atoms with Crippen LogP contribution in [0.4, 0.5) is 0 Å². The summed E-state index contributed by atoms with van der Waals surface area (Å²) in [7, 11) is 0. The Balaban J connectivity index is 0.844. The number of unbranched alkanes of at least 4 members (excludes halogenated alkanes) is 3. The molecule has 1 amide bonds. The van der Waals surface area contributed by atoms with Gasteiger partial charge in [-0.25, -0.2) is 0 Å². The van der Waals surface area contributed by atoms with Gasteiger partial charge in [0.25, 0.3) is 5.79 Å². The second kappa shape index (κ2) is 22.7. The number of Topliss-reactive ketones (excluding diaryl/α,β-unsaturated/α-hetero) is 1. The van der Waals surface area contributed by atoms with E-state index in [2.05, 4.69) is 73.0 Å². The van der Waals surface area contributed by atoms with E-state index in [1.165, 1.54) is 10.5 Å². The topological polar surface area (TPSA) is 318 Å². The van der Waals surface area contributed by atoms with Crippen LogP contribution in [-0.4, -0.2) is 205 Å². The first-order valence-electron chi connectivity index (χ1n) is 31.9. The summed E-state index contributed by atoms with van der Waals surface area (Å²) in [6, 6.07) is 6.76. The molecular formula is C65H97NO19Sn. The summed E-state index contributed by atoms with van der Waals surface area (Å²) in [5.41, 5.74) is -2.50. The number of benzene rings is 1. The molecule has 1 aromatic rings. The van der Waals surface area contributed by atoms with Crippen LogP contribution >= 0.6 is 0 Å². The zero-order chi connectivity index (χ0) is 62.4. The minimum atomic E-state index is -2.48. The van der Waals surface area contributed by atoms with Crippen LogP contribution in [0.3, 0.4) is 0 Å². The van der Waals surface area contributed by atoms with Crippen LogP contribution in [0.5, 0.6) is 0 Å². The number of hydrogen-bond donors (Lipinski definition) is 10. The van der Waals surface area contributed by atoms with Gasteiger partial charge < -0.3 is 84.5 Å². The van der Waals surface area contributed by atoms with Crippen molar-refractivity contribution in [1.82, 2.24) is 5.32 Å². The Hall–Kier alpha value is -2.52. The Kier molecular flexibility index (Phi) is 17.1. The molecule has 6 aliphatic carbocycles. The van der Waals surface area contributed by atoms with Crippen LogP contribution in [0, 0.1) is 55.7 Å². The zero-order valence-electron chi connectivity index (χ0n) is 51.9. The average Bonchev–Trinajstić information content (AvgIpc) is 1.42. The van der Waals surface area contributed by atoms with Crippen LogP contribution in [0.25, 0.3) is 0 Å². The fraction of sp³-hybridized carbons (Fsp3) is 0.815. The number of aliphatic hydroxyl groups is 9. The van der Waals surface area contributed by atoms with Crippen molar-refractivity contribution in [2.75, 3.05) is 13.2 Å². The van der Waals surface area contributed by atoms with Gasteiger partial charge in [-0.05, 0) is 103 Å². The number of nitrogens with one attached hydrogen (secondary N) is 1. The molecule has 10 N–H and O–H groups in total. The van der Waals surface area contributed by atoms with Crippen LogP contribution in [0.15, 0.2) is 35.9 Å². The van der Waals surface area contributed by atoms with E-state index >= 15 is 4.79 Å². The van der Waals surface area contributed by atoms with Crippen LogP contribution < -0.4 is 8.90 Å². The number of hydrogen-bond acceptors (Lipinski definition) is 19. The number of rotatable bonds is 17. The van der Waals surface area contributed by atoms with E-state index in [1.807, 2.05) is 19.1 Å². The van der Waals surface area contributed by atoms with Crippen LogP contribution in [0.1, 0.15) is 149 Å². The smallest absolute Gasteiger partial charge is 0.186 e. The van der Waals surface area contributed by atoms with Gasteiger partial charge in [0.2, 0.25) is 0 Å². The molecular weight excluding hydrogens is 1220 g/mol. The molecule has 1 aromatic carbocycles. The largest absolute Gasteiger partial charge is 0.394 e. The van der Waals surface area contributed by atoms with Gasteiger partial charge in [0.15, 0.2) is 18.5 Å². The molecule has 5 saturated carbocycles. The zero-order valence-corrected chi connectivity index (χ0v) is 54.7. The maximum Gasteiger partial charge on any atom is 0.186 e. The van der Waals surface area contributed by atoms with E-state index < -0.39 is 169 Å². The van der Waals surface area contributed by atoms with Crippen molar-refractivity contribution in [2.45, 2.75) is 257 Å². The molecule has 0 radical (unpaired) electrons. The van der Waals surface area contributed by atoms with Crippen molar-refractivity contribution in [3.05, 3.63) is 41.5 Å². The maximum atomic E-state index is 16.2. The minimum Gasteiger partial charge on any atom is -0.394 e. The molecule has 10 aliphatic rings. The summed E-state index contributed by atoms with van der Waals surface area (Å²) in [5.74, 6) is -4.14. The first-order chi connectivity index (χ1) is 40.3. The summed E-state index contributed by atoms with van der Waals surface area (Å²) in [6.07, 6.45) is -12.2. The van der Waals surface area contributed by atoms with Crippen molar-refractivity contribution in [3.8, 4) is 0 Å². The predicted octanol–water partition coefficient (Wildman–Crippen LogP) is 3.25. The van der Waals surface area contributed by atoms with Gasteiger partial charge in [0, 0.05) is 0 Å². The molecule has 4 heterocycles. The van der Waals surface area contributed by atoms with E-state index in [0.29, 0.717) is 63.4 Å². The molecule has 480 valence electrons. The van der Waals surface area contributed by atoms with Crippen LogP contribution in [-0.2, 0) is 42.8 Å². The van der Waals surface area contributed by atoms with Gasteiger partial charge >= 0.3 is 128 Å². The fourth-order valence-electron chi connectivity index (χ4n) is 19.6. The van der Waals surface area contributed by atoms with Gasteiger partial charge in [0.05, 0.1) is 43.0 Å². The number of ether oxygens (including phenoxy) is 6. The quantitative estimate of drug-likeness (QED) is 0.0267. The van der Waals surface area contributed by atoms with E-state index in [4.69, 9.17) is 28.4 Å². The summed E-state index contributed by atoms with van der Waals surface area (Å²) >= 11 is -2.25.